The van der Waals surface area contributed by atoms with Gasteiger partial charge in [-0.25, -0.2) is 0 Å². The lowest BCUT2D eigenvalue weighted by Crippen LogP contribution is -2.70. The molecule has 0 amide bonds. The van der Waals surface area contributed by atoms with Crippen LogP contribution in [0.15, 0.2) is 188 Å². The van der Waals surface area contributed by atoms with E-state index in [0.717, 1.165) is 0 Å². The molecule has 4 aliphatic rings. The first-order valence-electron chi connectivity index (χ1n) is 20.2. The molecule has 2 heteroatoms. The van der Waals surface area contributed by atoms with Gasteiger partial charge in [0.1, 0.15) is 0 Å². The number of fused-ring (bicyclic) bond motifs is 21. The van der Waals surface area contributed by atoms with E-state index in [-0.39, 0.29) is 0 Å². The first-order chi connectivity index (χ1) is 28.1. The SMILES string of the molecule is Cc1ccc2c(c1)[Si]1(c3cc(C)ccc3-2)c2cc(N3c4ccccc4C4(c5ccccc5-c5ccccc54)c4ccccc43)ccc2-c2c1ccc1ccccc21. The molecule has 0 saturated carbocycles. The van der Waals surface area contributed by atoms with E-state index in [1.54, 1.807) is 0 Å². The highest BCUT2D eigenvalue weighted by Gasteiger charge is 2.56. The van der Waals surface area contributed by atoms with E-state index in [1.807, 2.05) is 0 Å². The summed E-state index contributed by atoms with van der Waals surface area (Å²) in [6.07, 6.45) is 0. The zero-order valence-electron chi connectivity index (χ0n) is 31.8. The van der Waals surface area contributed by atoms with Gasteiger partial charge < -0.3 is 4.90 Å². The van der Waals surface area contributed by atoms with Crippen LogP contribution in [0.5, 0.6) is 0 Å². The molecule has 0 saturated heterocycles. The molecule has 0 radical (unpaired) electrons. The van der Waals surface area contributed by atoms with Gasteiger partial charge in [0.25, 0.3) is 0 Å². The van der Waals surface area contributed by atoms with Crippen LogP contribution in [0.3, 0.4) is 0 Å². The van der Waals surface area contributed by atoms with Crippen molar-refractivity contribution in [1.82, 2.24) is 0 Å². The maximum Gasteiger partial charge on any atom is 0.182 e. The molecular formula is C55H37NSi. The monoisotopic (exact) mass is 739 g/mol. The second-order valence-corrected chi connectivity index (χ2v) is 20.2. The predicted octanol–water partition coefficient (Wildman–Crippen LogP) is 10.9. The number of para-hydroxylation sites is 2. The fourth-order valence-corrected chi connectivity index (χ4v) is 17.5. The summed E-state index contributed by atoms with van der Waals surface area (Å²) < 4.78 is 0. The summed E-state index contributed by atoms with van der Waals surface area (Å²) >= 11 is 0. The molecule has 0 atom stereocenters. The van der Waals surface area contributed by atoms with E-state index < -0.39 is 13.5 Å². The molecular weight excluding hydrogens is 703 g/mol. The lowest BCUT2D eigenvalue weighted by atomic mass is 9.64. The van der Waals surface area contributed by atoms with Crippen LogP contribution in [0.2, 0.25) is 0 Å². The normalized spacial score (nSPS) is 15.1. The third-order valence-corrected chi connectivity index (χ3v) is 18.7. The molecule has 266 valence electrons. The summed E-state index contributed by atoms with van der Waals surface area (Å²) in [5.41, 5.74) is 19.5. The molecule has 1 nitrogen and oxygen atoms in total. The molecule has 9 aromatic carbocycles. The topological polar surface area (TPSA) is 3.24 Å². The molecule has 57 heavy (non-hydrogen) atoms. The Morgan fingerprint density at radius 1 is 0.386 bits per heavy atom. The van der Waals surface area contributed by atoms with Crippen molar-refractivity contribution >= 4 is 56.7 Å². The highest BCUT2D eigenvalue weighted by atomic mass is 28.3. The van der Waals surface area contributed by atoms with Crippen LogP contribution in [0.4, 0.5) is 17.1 Å². The summed E-state index contributed by atoms with van der Waals surface area (Å²) in [6, 6.07) is 72.4. The second kappa shape index (κ2) is 11.0. The van der Waals surface area contributed by atoms with Crippen LogP contribution in [-0.4, -0.2) is 8.07 Å². The predicted molar refractivity (Wildman–Crippen MR) is 241 cm³/mol. The highest BCUT2D eigenvalue weighted by molar-refractivity contribution is 7.24. The Morgan fingerprint density at radius 3 is 1.53 bits per heavy atom. The number of hydrogen-bond acceptors (Lipinski definition) is 1. The van der Waals surface area contributed by atoms with E-state index in [0.29, 0.717) is 0 Å². The molecule has 13 rings (SSSR count). The van der Waals surface area contributed by atoms with Gasteiger partial charge in [0.15, 0.2) is 8.07 Å². The molecule has 3 heterocycles. The van der Waals surface area contributed by atoms with Crippen molar-refractivity contribution in [2.24, 2.45) is 0 Å². The Balaban J connectivity index is 1.14. The molecule has 0 N–H and O–H groups in total. The maximum absolute atomic E-state index is 2.76. The fourth-order valence-electron chi connectivity index (χ4n) is 11.7. The van der Waals surface area contributed by atoms with Crippen molar-refractivity contribution < 1.29 is 0 Å². The van der Waals surface area contributed by atoms with Crippen molar-refractivity contribution in [3.63, 3.8) is 0 Å². The molecule has 3 aliphatic heterocycles. The molecule has 1 aliphatic carbocycles. The Hall–Kier alpha value is -6.74. The largest absolute Gasteiger partial charge is 0.310 e. The number of anilines is 3. The van der Waals surface area contributed by atoms with Crippen LogP contribution in [0.1, 0.15) is 33.4 Å². The van der Waals surface area contributed by atoms with Gasteiger partial charge in [-0.1, -0.05) is 175 Å². The van der Waals surface area contributed by atoms with Crippen molar-refractivity contribution in [1.29, 1.82) is 0 Å². The van der Waals surface area contributed by atoms with E-state index in [4.69, 9.17) is 0 Å². The quantitative estimate of drug-likeness (QED) is 0.152. The summed E-state index contributed by atoms with van der Waals surface area (Å²) in [6.45, 7) is 4.53. The minimum Gasteiger partial charge on any atom is -0.310 e. The van der Waals surface area contributed by atoms with Gasteiger partial charge in [0.2, 0.25) is 0 Å². The zero-order chi connectivity index (χ0) is 37.6. The van der Waals surface area contributed by atoms with Crippen molar-refractivity contribution in [2.45, 2.75) is 19.3 Å². The lowest BCUT2D eigenvalue weighted by Gasteiger charge is -2.45. The number of aryl methyl sites for hydroxylation is 2. The van der Waals surface area contributed by atoms with E-state index >= 15 is 0 Å². The second-order valence-electron chi connectivity index (χ2n) is 16.5. The van der Waals surface area contributed by atoms with Crippen molar-refractivity contribution in [2.75, 3.05) is 4.90 Å². The molecule has 0 aromatic heterocycles. The minimum atomic E-state index is -2.76. The maximum atomic E-state index is 2.61. The van der Waals surface area contributed by atoms with Crippen LogP contribution < -0.4 is 25.6 Å². The Morgan fingerprint density at radius 2 is 0.895 bits per heavy atom. The Labute approximate surface area is 334 Å². The van der Waals surface area contributed by atoms with Gasteiger partial charge in [-0.2, -0.15) is 0 Å². The molecule has 9 aromatic rings. The average molecular weight is 740 g/mol. The molecule has 2 spiro atoms. The van der Waals surface area contributed by atoms with Crippen molar-refractivity contribution in [3.05, 3.63) is 221 Å². The van der Waals surface area contributed by atoms with Gasteiger partial charge in [-0.3, -0.25) is 0 Å². The summed E-state index contributed by atoms with van der Waals surface area (Å²) in [4.78, 5) is 2.58. The van der Waals surface area contributed by atoms with Gasteiger partial charge in [-0.15, -0.1) is 0 Å². The fraction of sp³-hybridized carbons (Fsp3) is 0.0545. The van der Waals surface area contributed by atoms with Gasteiger partial charge >= 0.3 is 0 Å². The standard InChI is InChI=1S/C55H37NSi/c1-34-23-27-41-42-28-24-35(2)32-52(42)57(51(41)31-34)50-30-25-36-13-3-4-14-38(36)54(50)43-29-26-37(33-53(43)57)56-48-21-11-9-19-46(48)55(47-20-10-12-22-49(47)56)44-17-7-5-15-39(44)40-16-6-8-18-45(40)55/h3-33H,1-2H3. The van der Waals surface area contributed by atoms with Crippen LogP contribution in [0.25, 0.3) is 44.2 Å². The zero-order valence-corrected chi connectivity index (χ0v) is 32.8. The molecule has 0 unspecified atom stereocenters. The third kappa shape index (κ3) is 3.71. The number of rotatable bonds is 1. The Bertz CT molecular complexity index is 3100. The van der Waals surface area contributed by atoms with Gasteiger partial charge in [0, 0.05) is 5.69 Å². The lowest BCUT2D eigenvalue weighted by molar-refractivity contribution is 0.752. The molecule has 0 bridgehead atoms. The van der Waals surface area contributed by atoms with Crippen molar-refractivity contribution in [3.8, 4) is 33.4 Å². The first-order valence-corrected chi connectivity index (χ1v) is 22.2. The average Bonchev–Trinajstić information content (AvgIpc) is 3.83. The molecule has 0 fully saturated rings. The van der Waals surface area contributed by atoms with Gasteiger partial charge in [-0.05, 0) is 125 Å². The summed E-state index contributed by atoms with van der Waals surface area (Å²) in [5.74, 6) is 0. The number of hydrogen-bond donors (Lipinski definition) is 0. The van der Waals surface area contributed by atoms with E-state index in [9.17, 15) is 0 Å². The highest BCUT2D eigenvalue weighted by Crippen LogP contribution is 2.63. The van der Waals surface area contributed by atoms with E-state index in [1.165, 1.54) is 115 Å². The van der Waals surface area contributed by atoms with Crippen LogP contribution in [0, 0.1) is 13.8 Å². The summed E-state index contributed by atoms with van der Waals surface area (Å²) in [5, 5.41) is 8.70. The van der Waals surface area contributed by atoms with E-state index in [2.05, 4.69) is 207 Å². The van der Waals surface area contributed by atoms with Crippen LogP contribution in [-0.2, 0) is 5.41 Å². The van der Waals surface area contributed by atoms with Gasteiger partial charge in [0.05, 0.1) is 16.8 Å². The minimum absolute atomic E-state index is 0.433. The smallest absolute Gasteiger partial charge is 0.182 e. The number of nitrogens with zero attached hydrogens (tertiary/aromatic N) is 1. The Kier molecular flexibility index (Phi) is 6.05. The van der Waals surface area contributed by atoms with Crippen LogP contribution >= 0.6 is 0 Å². The first kappa shape index (κ1) is 31.5. The number of benzene rings is 9. The third-order valence-electron chi connectivity index (χ3n) is 13.8. The summed E-state index contributed by atoms with van der Waals surface area (Å²) in [7, 11) is -2.76.